The van der Waals surface area contributed by atoms with Crippen molar-refractivity contribution in [3.8, 4) is 0 Å². The molecule has 7 heteroatoms. The van der Waals surface area contributed by atoms with Gasteiger partial charge in [0.25, 0.3) is 5.91 Å². The first kappa shape index (κ1) is 26.9. The van der Waals surface area contributed by atoms with Crippen LogP contribution in [0, 0.1) is 0 Å². The highest BCUT2D eigenvalue weighted by Gasteiger charge is 2.07. The monoisotopic (exact) mass is 538 g/mol. The van der Waals surface area contributed by atoms with Crippen LogP contribution < -0.4 is 10.6 Å². The highest BCUT2D eigenvalue weighted by atomic mass is 127. The number of unbranched alkanes of at least 4 members (excludes halogenated alkanes) is 1. The number of ether oxygens (including phenoxy) is 1. The van der Waals surface area contributed by atoms with E-state index in [1.165, 1.54) is 5.56 Å². The highest BCUT2D eigenvalue weighted by molar-refractivity contribution is 14.0. The molecule has 170 valence electrons. The number of rotatable bonds is 11. The zero-order valence-electron chi connectivity index (χ0n) is 18.8. The molecule has 2 aromatic rings. The lowest BCUT2D eigenvalue weighted by molar-refractivity contribution is 0.0827. The summed E-state index contributed by atoms with van der Waals surface area (Å²) in [6.45, 7) is 5.68. The van der Waals surface area contributed by atoms with Crippen LogP contribution in [0.2, 0.25) is 0 Å². The third-order valence-corrected chi connectivity index (χ3v) is 4.49. The van der Waals surface area contributed by atoms with Crippen LogP contribution in [0.15, 0.2) is 59.6 Å². The molecule has 1 amide bonds. The van der Waals surface area contributed by atoms with Gasteiger partial charge in [-0.15, -0.1) is 24.0 Å². The van der Waals surface area contributed by atoms with E-state index in [-0.39, 0.29) is 29.9 Å². The van der Waals surface area contributed by atoms with Crippen LogP contribution in [0.5, 0.6) is 0 Å². The van der Waals surface area contributed by atoms with Gasteiger partial charge in [0, 0.05) is 39.4 Å². The Kier molecular flexibility index (Phi) is 13.6. The van der Waals surface area contributed by atoms with Gasteiger partial charge < -0.3 is 20.3 Å². The van der Waals surface area contributed by atoms with Gasteiger partial charge >= 0.3 is 0 Å². The number of guanidine groups is 1. The SMILES string of the molecule is CCNC(=NCc1ccc(C(=O)N(C)C)cc1)NCCCCOCc1ccccc1.I. The molecule has 0 atom stereocenters. The van der Waals surface area contributed by atoms with Crippen molar-refractivity contribution in [2.24, 2.45) is 4.99 Å². The zero-order chi connectivity index (χ0) is 21.6. The van der Waals surface area contributed by atoms with Crippen LogP contribution in [0.3, 0.4) is 0 Å². The smallest absolute Gasteiger partial charge is 0.253 e. The minimum atomic E-state index is 0. The molecule has 0 radical (unpaired) electrons. The second kappa shape index (κ2) is 15.6. The predicted molar refractivity (Wildman–Crippen MR) is 138 cm³/mol. The first-order chi connectivity index (χ1) is 14.6. The topological polar surface area (TPSA) is 66.0 Å². The van der Waals surface area contributed by atoms with Gasteiger partial charge in [-0.3, -0.25) is 4.79 Å². The maximum atomic E-state index is 12.0. The maximum absolute atomic E-state index is 12.0. The Hall–Kier alpha value is -2.13. The average molecular weight is 538 g/mol. The van der Waals surface area contributed by atoms with Gasteiger partial charge in [-0.25, -0.2) is 4.99 Å². The third-order valence-electron chi connectivity index (χ3n) is 4.49. The van der Waals surface area contributed by atoms with E-state index in [0.717, 1.165) is 44.1 Å². The minimum absolute atomic E-state index is 0. The fourth-order valence-electron chi connectivity index (χ4n) is 2.82. The lowest BCUT2D eigenvalue weighted by atomic mass is 10.1. The van der Waals surface area contributed by atoms with E-state index in [2.05, 4.69) is 34.7 Å². The normalized spacial score (nSPS) is 10.9. The summed E-state index contributed by atoms with van der Waals surface area (Å²) in [5.41, 5.74) is 2.96. The van der Waals surface area contributed by atoms with Gasteiger partial charge in [0.2, 0.25) is 0 Å². The first-order valence-corrected chi connectivity index (χ1v) is 10.5. The molecule has 0 spiro atoms. The summed E-state index contributed by atoms with van der Waals surface area (Å²) in [5, 5.41) is 6.63. The van der Waals surface area contributed by atoms with Crippen molar-refractivity contribution in [1.29, 1.82) is 0 Å². The number of benzene rings is 2. The summed E-state index contributed by atoms with van der Waals surface area (Å²) in [6.07, 6.45) is 2.02. The molecular weight excluding hydrogens is 503 g/mol. The second-order valence-corrected chi connectivity index (χ2v) is 7.26. The van der Waals surface area contributed by atoms with Crippen LogP contribution in [-0.2, 0) is 17.9 Å². The van der Waals surface area contributed by atoms with E-state index in [1.54, 1.807) is 19.0 Å². The van der Waals surface area contributed by atoms with E-state index in [1.807, 2.05) is 42.5 Å². The van der Waals surface area contributed by atoms with Crippen LogP contribution in [0.4, 0.5) is 0 Å². The highest BCUT2D eigenvalue weighted by Crippen LogP contribution is 2.07. The lowest BCUT2D eigenvalue weighted by Gasteiger charge is -2.12. The van der Waals surface area contributed by atoms with Gasteiger partial charge in [-0.1, -0.05) is 42.5 Å². The number of carbonyl (C=O) groups excluding carboxylic acids is 1. The Bertz CT molecular complexity index is 780. The van der Waals surface area contributed by atoms with E-state index in [0.29, 0.717) is 18.7 Å². The molecule has 0 saturated carbocycles. The van der Waals surface area contributed by atoms with Crippen LogP contribution in [-0.4, -0.2) is 50.6 Å². The standard InChI is InChI=1S/C24H34N4O2.HI/c1-4-25-24(26-16-8-9-17-30-19-21-10-6-5-7-11-21)27-18-20-12-14-22(15-13-20)23(29)28(2)3;/h5-7,10-15H,4,8-9,16-19H2,1-3H3,(H2,25,26,27);1H. The molecule has 0 heterocycles. The van der Waals surface area contributed by atoms with Crippen molar-refractivity contribution in [2.75, 3.05) is 33.8 Å². The lowest BCUT2D eigenvalue weighted by Crippen LogP contribution is -2.37. The zero-order valence-corrected chi connectivity index (χ0v) is 21.1. The van der Waals surface area contributed by atoms with E-state index in [4.69, 9.17) is 4.74 Å². The average Bonchev–Trinajstić information content (AvgIpc) is 2.77. The molecule has 2 aromatic carbocycles. The molecule has 0 aliphatic rings. The Morgan fingerprint density at radius 3 is 2.32 bits per heavy atom. The third kappa shape index (κ3) is 10.6. The molecular formula is C24H35IN4O2. The van der Waals surface area contributed by atoms with Crippen molar-refractivity contribution in [3.63, 3.8) is 0 Å². The number of hydrogen-bond donors (Lipinski definition) is 2. The number of halogens is 1. The number of aliphatic imine (C=N–C) groups is 1. The molecule has 2 rings (SSSR count). The summed E-state index contributed by atoms with van der Waals surface area (Å²) in [7, 11) is 3.51. The summed E-state index contributed by atoms with van der Waals surface area (Å²) in [4.78, 5) is 18.2. The quantitative estimate of drug-likeness (QED) is 0.196. The van der Waals surface area contributed by atoms with Crippen molar-refractivity contribution in [3.05, 3.63) is 71.3 Å². The second-order valence-electron chi connectivity index (χ2n) is 7.26. The Labute approximate surface area is 203 Å². The van der Waals surface area contributed by atoms with Crippen LogP contribution in [0.25, 0.3) is 0 Å². The number of amides is 1. The molecule has 0 aliphatic heterocycles. The molecule has 0 aromatic heterocycles. The molecule has 2 N–H and O–H groups in total. The van der Waals surface area contributed by atoms with Gasteiger partial charge in [0.15, 0.2) is 5.96 Å². The Morgan fingerprint density at radius 2 is 1.68 bits per heavy atom. The predicted octanol–water partition coefficient (Wildman–Crippen LogP) is 4.06. The molecule has 0 aliphatic carbocycles. The van der Waals surface area contributed by atoms with Crippen molar-refractivity contribution in [1.82, 2.24) is 15.5 Å². The molecule has 0 saturated heterocycles. The Balaban J connectivity index is 0.00000480. The fourth-order valence-corrected chi connectivity index (χ4v) is 2.82. The van der Waals surface area contributed by atoms with E-state index >= 15 is 0 Å². The summed E-state index contributed by atoms with van der Waals surface area (Å²) < 4.78 is 5.72. The number of hydrogen-bond acceptors (Lipinski definition) is 3. The molecule has 0 bridgehead atoms. The van der Waals surface area contributed by atoms with Gasteiger partial charge in [0.05, 0.1) is 13.2 Å². The number of nitrogens with one attached hydrogen (secondary N) is 2. The van der Waals surface area contributed by atoms with E-state index in [9.17, 15) is 4.79 Å². The largest absolute Gasteiger partial charge is 0.377 e. The van der Waals surface area contributed by atoms with Crippen molar-refractivity contribution < 1.29 is 9.53 Å². The van der Waals surface area contributed by atoms with Crippen LogP contribution >= 0.6 is 24.0 Å². The maximum Gasteiger partial charge on any atom is 0.253 e. The summed E-state index contributed by atoms with van der Waals surface area (Å²) in [5.74, 6) is 0.809. The molecule has 0 unspecified atom stereocenters. The van der Waals surface area contributed by atoms with Gasteiger partial charge in [-0.2, -0.15) is 0 Å². The number of carbonyl (C=O) groups is 1. The molecule has 6 nitrogen and oxygen atoms in total. The number of nitrogens with zero attached hydrogens (tertiary/aromatic N) is 2. The first-order valence-electron chi connectivity index (χ1n) is 10.5. The van der Waals surface area contributed by atoms with Gasteiger partial charge in [0.1, 0.15) is 0 Å². The summed E-state index contributed by atoms with van der Waals surface area (Å²) in [6, 6.07) is 17.8. The van der Waals surface area contributed by atoms with E-state index < -0.39 is 0 Å². The van der Waals surface area contributed by atoms with Gasteiger partial charge in [-0.05, 0) is 43.0 Å². The summed E-state index contributed by atoms with van der Waals surface area (Å²) >= 11 is 0. The molecule has 31 heavy (non-hydrogen) atoms. The Morgan fingerprint density at radius 1 is 0.968 bits per heavy atom. The minimum Gasteiger partial charge on any atom is -0.377 e. The van der Waals surface area contributed by atoms with Crippen molar-refractivity contribution in [2.45, 2.75) is 32.9 Å². The molecule has 0 fully saturated rings. The van der Waals surface area contributed by atoms with Crippen LogP contribution in [0.1, 0.15) is 41.3 Å². The van der Waals surface area contributed by atoms with Crippen molar-refractivity contribution >= 4 is 35.8 Å². The fraction of sp³-hybridized carbons (Fsp3) is 0.417.